The van der Waals surface area contributed by atoms with Crippen molar-refractivity contribution in [2.45, 2.75) is 52.4 Å². The number of benzene rings is 1. The lowest BCUT2D eigenvalue weighted by molar-refractivity contribution is 0.0988. The van der Waals surface area contributed by atoms with Crippen molar-refractivity contribution in [3.8, 4) is 0 Å². The fourth-order valence-electron chi connectivity index (χ4n) is 5.07. The number of amides is 1. The molecule has 3 aromatic heterocycles. The predicted molar refractivity (Wildman–Crippen MR) is 123 cm³/mol. The second-order valence-corrected chi connectivity index (χ2v) is 8.53. The number of aromatic nitrogens is 5. The molecule has 1 fully saturated rings. The first-order valence-electron chi connectivity index (χ1n) is 10.8. The summed E-state index contributed by atoms with van der Waals surface area (Å²) in [6, 6.07) is 7.65. The summed E-state index contributed by atoms with van der Waals surface area (Å²) in [6.07, 6.45) is 6.97. The zero-order chi connectivity index (χ0) is 21.1. The van der Waals surface area contributed by atoms with Crippen molar-refractivity contribution >= 4 is 28.4 Å². The van der Waals surface area contributed by atoms with E-state index in [-0.39, 0.29) is 18.9 Å². The standard InChI is InChI=1S/C23H22N6O2.CH4/c1-13-11-18-17(12-16(13)23(31)28-10-8-15-7-4-9-24-19(15)28)25-22(30)21-27-26-20(29(18)21)14-5-2-3-6-14;/h4,7,9,11-12,14H,2-3,5-6,8,10H2,1H3,(H,25,30);1H4. The number of hydrogen-bond donors (Lipinski definition) is 1. The lowest BCUT2D eigenvalue weighted by atomic mass is 10.0. The quantitative estimate of drug-likeness (QED) is 0.522. The van der Waals surface area contributed by atoms with E-state index >= 15 is 0 Å². The van der Waals surface area contributed by atoms with Crippen molar-refractivity contribution in [3.63, 3.8) is 0 Å². The molecule has 6 rings (SSSR count). The Labute approximate surface area is 185 Å². The molecule has 0 unspecified atom stereocenters. The van der Waals surface area contributed by atoms with Crippen molar-refractivity contribution < 1.29 is 4.79 Å². The average Bonchev–Trinajstić information content (AvgIpc) is 3.52. The topological polar surface area (TPSA) is 96.2 Å². The molecule has 0 spiro atoms. The van der Waals surface area contributed by atoms with E-state index < -0.39 is 0 Å². The maximum atomic E-state index is 13.4. The molecule has 0 atom stereocenters. The lowest BCUT2D eigenvalue weighted by Gasteiger charge is -2.18. The second-order valence-electron chi connectivity index (χ2n) is 8.53. The number of hydrogen-bond acceptors (Lipinski definition) is 5. The fourth-order valence-corrected chi connectivity index (χ4v) is 5.07. The van der Waals surface area contributed by atoms with Gasteiger partial charge in [-0.15, -0.1) is 10.2 Å². The third kappa shape index (κ3) is 2.93. The van der Waals surface area contributed by atoms with Gasteiger partial charge >= 0.3 is 0 Å². The van der Waals surface area contributed by atoms with Gasteiger partial charge < -0.3 is 4.98 Å². The number of H-pyrrole nitrogens is 1. The van der Waals surface area contributed by atoms with Crippen LogP contribution in [-0.2, 0) is 6.42 Å². The molecular formula is C24H26N6O2. The number of anilines is 1. The van der Waals surface area contributed by atoms with Crippen LogP contribution in [0, 0.1) is 6.92 Å². The molecule has 1 amide bonds. The normalized spacial score (nSPS) is 16.0. The van der Waals surface area contributed by atoms with Crippen LogP contribution in [-0.4, -0.2) is 37.0 Å². The van der Waals surface area contributed by atoms with E-state index in [1.54, 1.807) is 17.2 Å². The lowest BCUT2D eigenvalue weighted by Crippen LogP contribution is -2.30. The third-order valence-corrected chi connectivity index (χ3v) is 6.65. The van der Waals surface area contributed by atoms with Gasteiger partial charge in [-0.3, -0.25) is 18.9 Å². The van der Waals surface area contributed by atoms with E-state index in [1.807, 2.05) is 29.5 Å². The number of rotatable bonds is 2. The smallest absolute Gasteiger partial charge is 0.294 e. The number of aryl methyl sites for hydroxylation is 1. The van der Waals surface area contributed by atoms with E-state index in [0.717, 1.165) is 47.5 Å². The highest BCUT2D eigenvalue weighted by Gasteiger charge is 2.29. The minimum absolute atomic E-state index is 0. The van der Waals surface area contributed by atoms with Gasteiger partial charge in [0.1, 0.15) is 11.6 Å². The summed E-state index contributed by atoms with van der Waals surface area (Å²) in [4.78, 5) is 35.2. The molecule has 8 heteroatoms. The highest BCUT2D eigenvalue weighted by atomic mass is 16.2. The van der Waals surface area contributed by atoms with Crippen molar-refractivity contribution in [2.75, 3.05) is 11.4 Å². The van der Waals surface area contributed by atoms with Crippen LogP contribution in [0.4, 0.5) is 5.82 Å². The Morgan fingerprint density at radius 2 is 2.00 bits per heavy atom. The minimum Gasteiger partial charge on any atom is -0.317 e. The zero-order valence-electron chi connectivity index (χ0n) is 17.3. The van der Waals surface area contributed by atoms with E-state index in [0.29, 0.717) is 29.2 Å². The van der Waals surface area contributed by atoms with Crippen LogP contribution in [0.3, 0.4) is 0 Å². The molecule has 0 saturated heterocycles. The summed E-state index contributed by atoms with van der Waals surface area (Å²) >= 11 is 0. The molecule has 1 aliphatic carbocycles. The summed E-state index contributed by atoms with van der Waals surface area (Å²) in [5.74, 6) is 1.78. The first-order chi connectivity index (χ1) is 15.1. The van der Waals surface area contributed by atoms with Crippen LogP contribution in [0.25, 0.3) is 16.7 Å². The Morgan fingerprint density at radius 1 is 1.19 bits per heavy atom. The van der Waals surface area contributed by atoms with Gasteiger partial charge in [0.2, 0.25) is 5.65 Å². The predicted octanol–water partition coefficient (Wildman–Crippen LogP) is 3.77. The largest absolute Gasteiger partial charge is 0.317 e. The Balaban J connectivity index is 0.00000216. The molecular weight excluding hydrogens is 404 g/mol. The zero-order valence-corrected chi connectivity index (χ0v) is 17.3. The second kappa shape index (κ2) is 7.55. The average molecular weight is 431 g/mol. The van der Waals surface area contributed by atoms with Crippen LogP contribution >= 0.6 is 0 Å². The number of carbonyl (C=O) groups is 1. The maximum absolute atomic E-state index is 13.4. The van der Waals surface area contributed by atoms with Gasteiger partial charge in [0.05, 0.1) is 11.0 Å². The van der Waals surface area contributed by atoms with Crippen LogP contribution < -0.4 is 10.5 Å². The van der Waals surface area contributed by atoms with E-state index in [2.05, 4.69) is 20.2 Å². The van der Waals surface area contributed by atoms with Gasteiger partial charge in [-0.2, -0.15) is 0 Å². The van der Waals surface area contributed by atoms with E-state index in [1.165, 1.54) is 12.8 Å². The monoisotopic (exact) mass is 430 g/mol. The number of aromatic amines is 1. The van der Waals surface area contributed by atoms with Crippen molar-refractivity contribution in [3.05, 3.63) is 63.3 Å². The molecule has 8 nitrogen and oxygen atoms in total. The molecule has 1 saturated carbocycles. The van der Waals surface area contributed by atoms with Gasteiger partial charge in [0, 0.05) is 24.2 Å². The summed E-state index contributed by atoms with van der Waals surface area (Å²) < 4.78 is 1.89. The Morgan fingerprint density at radius 3 is 2.81 bits per heavy atom. The van der Waals surface area contributed by atoms with Crippen LogP contribution in [0.1, 0.15) is 66.3 Å². The number of fused-ring (bicyclic) bond motifs is 4. The van der Waals surface area contributed by atoms with Crippen LogP contribution in [0.15, 0.2) is 35.3 Å². The Hall–Kier alpha value is -3.55. The van der Waals surface area contributed by atoms with Gasteiger partial charge in [0.25, 0.3) is 11.5 Å². The summed E-state index contributed by atoms with van der Waals surface area (Å²) in [5.41, 5.74) is 3.96. The molecule has 4 heterocycles. The van der Waals surface area contributed by atoms with Crippen LogP contribution in [0.5, 0.6) is 0 Å². The van der Waals surface area contributed by atoms with Crippen LogP contribution in [0.2, 0.25) is 0 Å². The Bertz CT molecular complexity index is 1410. The summed E-state index contributed by atoms with van der Waals surface area (Å²) in [6.45, 7) is 2.54. The van der Waals surface area contributed by atoms with E-state index in [9.17, 15) is 9.59 Å². The minimum atomic E-state index is -0.292. The van der Waals surface area contributed by atoms with Gasteiger partial charge in [-0.1, -0.05) is 26.3 Å². The molecule has 164 valence electrons. The van der Waals surface area contributed by atoms with Crippen molar-refractivity contribution in [1.82, 2.24) is 24.6 Å². The highest BCUT2D eigenvalue weighted by molar-refractivity contribution is 6.09. The first-order valence-corrected chi connectivity index (χ1v) is 10.8. The van der Waals surface area contributed by atoms with Crippen molar-refractivity contribution in [1.29, 1.82) is 0 Å². The molecule has 2 aliphatic rings. The molecule has 0 radical (unpaired) electrons. The summed E-state index contributed by atoms with van der Waals surface area (Å²) in [7, 11) is 0. The van der Waals surface area contributed by atoms with Crippen molar-refractivity contribution in [2.24, 2.45) is 0 Å². The van der Waals surface area contributed by atoms with Gasteiger partial charge in [-0.25, -0.2) is 4.98 Å². The third-order valence-electron chi connectivity index (χ3n) is 6.65. The molecule has 1 aliphatic heterocycles. The molecule has 1 aromatic carbocycles. The summed E-state index contributed by atoms with van der Waals surface area (Å²) in [5, 5.41) is 8.55. The SMILES string of the molecule is C.Cc1cc2c(cc1C(=O)N1CCc3cccnc31)[nH]c(=O)c1nnc(C3CCCC3)n12. The highest BCUT2D eigenvalue weighted by Crippen LogP contribution is 2.34. The van der Waals surface area contributed by atoms with Gasteiger partial charge in [0.15, 0.2) is 0 Å². The van der Waals surface area contributed by atoms with E-state index in [4.69, 9.17) is 0 Å². The maximum Gasteiger partial charge on any atom is 0.294 e. The number of pyridine rings is 1. The number of carbonyl (C=O) groups excluding carboxylic acids is 1. The Kier molecular flexibility index (Phi) is 4.80. The first kappa shape index (κ1) is 20.4. The fraction of sp³-hybridized carbons (Fsp3) is 0.375. The number of nitrogens with one attached hydrogen (secondary N) is 1. The molecule has 0 bridgehead atoms. The molecule has 1 N–H and O–H groups in total. The molecule has 4 aromatic rings. The number of nitrogens with zero attached hydrogens (tertiary/aromatic N) is 5. The van der Waals surface area contributed by atoms with Gasteiger partial charge in [-0.05, 0) is 55.5 Å². The molecule has 32 heavy (non-hydrogen) atoms.